The second-order valence-electron chi connectivity index (χ2n) is 4.34. The van der Waals surface area contributed by atoms with Gasteiger partial charge in [-0.2, -0.15) is 5.26 Å². The molecule has 1 heterocycles. The number of rotatable bonds is 3. The van der Waals surface area contributed by atoms with Crippen LogP contribution in [0.3, 0.4) is 0 Å². The third kappa shape index (κ3) is 2.90. The molecular weight excluding hydrogens is 238 g/mol. The second kappa shape index (κ2) is 5.51. The van der Waals surface area contributed by atoms with E-state index < -0.39 is 6.10 Å². The summed E-state index contributed by atoms with van der Waals surface area (Å²) in [5, 5.41) is 18.3. The fraction of sp³-hybridized carbons (Fsp3) is 0.200. The highest BCUT2D eigenvalue weighted by atomic mass is 16.3. The van der Waals surface area contributed by atoms with Gasteiger partial charge in [0.05, 0.1) is 35.3 Å². The van der Waals surface area contributed by atoms with Crippen molar-refractivity contribution in [3.8, 4) is 6.07 Å². The van der Waals surface area contributed by atoms with E-state index in [1.165, 1.54) is 0 Å². The van der Waals surface area contributed by atoms with Crippen molar-refractivity contribution < 1.29 is 5.11 Å². The van der Waals surface area contributed by atoms with Gasteiger partial charge in [-0.1, -0.05) is 6.07 Å². The smallest absolute Gasteiger partial charge is 0.0992 e. The monoisotopic (exact) mass is 253 g/mol. The highest BCUT2D eigenvalue weighted by Gasteiger charge is 2.07. The molecule has 1 aromatic heterocycles. The van der Waals surface area contributed by atoms with Crippen LogP contribution >= 0.6 is 0 Å². The van der Waals surface area contributed by atoms with E-state index in [0.717, 1.165) is 11.4 Å². The number of nitrogens with zero attached hydrogens (tertiary/aromatic N) is 3. The standard InChI is InChI=1S/C15H15N3O/c1-11(19)15-7-6-14(10-17-15)18(2)13-5-3-4-12(8-13)9-16/h3-8,10-11,19H,1-2H3. The minimum absolute atomic E-state index is 0.568. The number of aromatic nitrogens is 1. The molecule has 1 atom stereocenters. The molecule has 4 nitrogen and oxygen atoms in total. The molecule has 0 fully saturated rings. The van der Waals surface area contributed by atoms with Crippen LogP contribution in [-0.4, -0.2) is 17.1 Å². The first-order valence-electron chi connectivity index (χ1n) is 5.99. The highest BCUT2D eigenvalue weighted by molar-refractivity contribution is 5.63. The van der Waals surface area contributed by atoms with E-state index in [4.69, 9.17) is 5.26 Å². The maximum Gasteiger partial charge on any atom is 0.0992 e. The molecule has 1 aromatic carbocycles. The highest BCUT2D eigenvalue weighted by Crippen LogP contribution is 2.24. The van der Waals surface area contributed by atoms with E-state index in [-0.39, 0.29) is 0 Å². The SMILES string of the molecule is CC(O)c1ccc(N(C)c2cccc(C#N)c2)cn1. The van der Waals surface area contributed by atoms with Crippen LogP contribution in [0.4, 0.5) is 11.4 Å². The van der Waals surface area contributed by atoms with Gasteiger partial charge in [0.25, 0.3) is 0 Å². The zero-order valence-corrected chi connectivity index (χ0v) is 10.9. The zero-order chi connectivity index (χ0) is 13.8. The predicted octanol–water partition coefficient (Wildman–Crippen LogP) is 2.77. The molecule has 0 saturated carbocycles. The number of hydrogen-bond donors (Lipinski definition) is 1. The molecule has 19 heavy (non-hydrogen) atoms. The van der Waals surface area contributed by atoms with Gasteiger partial charge >= 0.3 is 0 Å². The predicted molar refractivity (Wildman–Crippen MR) is 74.1 cm³/mol. The number of pyridine rings is 1. The van der Waals surface area contributed by atoms with E-state index in [9.17, 15) is 5.11 Å². The Morgan fingerprint density at radius 2 is 2.05 bits per heavy atom. The Labute approximate surface area is 112 Å². The molecule has 1 N–H and O–H groups in total. The van der Waals surface area contributed by atoms with Gasteiger partial charge < -0.3 is 10.0 Å². The van der Waals surface area contributed by atoms with E-state index in [1.54, 1.807) is 25.3 Å². The maximum absolute atomic E-state index is 9.43. The summed E-state index contributed by atoms with van der Waals surface area (Å²) in [7, 11) is 1.91. The largest absolute Gasteiger partial charge is 0.387 e. The van der Waals surface area contributed by atoms with Gasteiger partial charge in [-0.15, -0.1) is 0 Å². The minimum atomic E-state index is -0.568. The lowest BCUT2D eigenvalue weighted by atomic mass is 10.2. The summed E-state index contributed by atoms with van der Waals surface area (Å²) >= 11 is 0. The van der Waals surface area contributed by atoms with Crippen LogP contribution < -0.4 is 4.90 Å². The van der Waals surface area contributed by atoms with Gasteiger partial charge in [-0.25, -0.2) is 0 Å². The fourth-order valence-corrected chi connectivity index (χ4v) is 1.78. The lowest BCUT2D eigenvalue weighted by molar-refractivity contribution is 0.194. The minimum Gasteiger partial charge on any atom is -0.387 e. The third-order valence-electron chi connectivity index (χ3n) is 2.95. The molecule has 96 valence electrons. The van der Waals surface area contributed by atoms with E-state index in [0.29, 0.717) is 11.3 Å². The molecule has 0 saturated heterocycles. The summed E-state index contributed by atoms with van der Waals surface area (Å²) in [5.74, 6) is 0. The second-order valence-corrected chi connectivity index (χ2v) is 4.34. The molecule has 0 spiro atoms. The fourth-order valence-electron chi connectivity index (χ4n) is 1.78. The Morgan fingerprint density at radius 1 is 1.26 bits per heavy atom. The maximum atomic E-state index is 9.43. The molecule has 1 unspecified atom stereocenters. The van der Waals surface area contributed by atoms with Gasteiger partial charge in [-0.3, -0.25) is 4.98 Å². The molecular formula is C15H15N3O. The van der Waals surface area contributed by atoms with Crippen molar-refractivity contribution in [3.05, 3.63) is 53.9 Å². The zero-order valence-electron chi connectivity index (χ0n) is 10.9. The van der Waals surface area contributed by atoms with Crippen molar-refractivity contribution in [3.63, 3.8) is 0 Å². The molecule has 0 aliphatic carbocycles. The van der Waals surface area contributed by atoms with Crippen molar-refractivity contribution in [2.45, 2.75) is 13.0 Å². The first-order chi connectivity index (χ1) is 9.11. The van der Waals surface area contributed by atoms with Gasteiger partial charge in [0, 0.05) is 12.7 Å². The van der Waals surface area contributed by atoms with Crippen LogP contribution in [0.2, 0.25) is 0 Å². The topological polar surface area (TPSA) is 60.1 Å². The average molecular weight is 253 g/mol. The van der Waals surface area contributed by atoms with Gasteiger partial charge in [0.15, 0.2) is 0 Å². The lowest BCUT2D eigenvalue weighted by Gasteiger charge is -2.19. The number of nitriles is 1. The van der Waals surface area contributed by atoms with Gasteiger partial charge in [-0.05, 0) is 37.3 Å². The van der Waals surface area contributed by atoms with Crippen molar-refractivity contribution in [2.24, 2.45) is 0 Å². The molecule has 2 rings (SSSR count). The molecule has 0 radical (unpaired) electrons. The van der Waals surface area contributed by atoms with Gasteiger partial charge in [0.1, 0.15) is 0 Å². The van der Waals surface area contributed by atoms with Crippen molar-refractivity contribution in [1.29, 1.82) is 5.26 Å². The van der Waals surface area contributed by atoms with Crippen molar-refractivity contribution in [1.82, 2.24) is 4.98 Å². The van der Waals surface area contributed by atoms with E-state index in [2.05, 4.69) is 11.1 Å². The first-order valence-corrected chi connectivity index (χ1v) is 5.99. The van der Waals surface area contributed by atoms with Crippen LogP contribution in [0.25, 0.3) is 0 Å². The Kier molecular flexibility index (Phi) is 3.79. The Balaban J connectivity index is 2.28. The summed E-state index contributed by atoms with van der Waals surface area (Å²) in [5.41, 5.74) is 3.09. The molecule has 0 aliphatic rings. The van der Waals surface area contributed by atoms with Crippen molar-refractivity contribution in [2.75, 3.05) is 11.9 Å². The molecule has 0 amide bonds. The van der Waals surface area contributed by atoms with E-state index >= 15 is 0 Å². The number of aliphatic hydroxyl groups excluding tert-OH is 1. The molecule has 4 heteroatoms. The summed E-state index contributed by atoms with van der Waals surface area (Å²) in [6, 6.07) is 13.2. The summed E-state index contributed by atoms with van der Waals surface area (Å²) in [6.45, 7) is 1.68. The van der Waals surface area contributed by atoms with Crippen LogP contribution in [0.15, 0.2) is 42.6 Å². The van der Waals surface area contributed by atoms with Crippen LogP contribution in [0.5, 0.6) is 0 Å². The number of anilines is 2. The number of hydrogen-bond acceptors (Lipinski definition) is 4. The Hall–Kier alpha value is -2.38. The third-order valence-corrected chi connectivity index (χ3v) is 2.95. The Bertz CT molecular complexity index is 600. The van der Waals surface area contributed by atoms with E-state index in [1.807, 2.05) is 36.2 Å². The number of aliphatic hydroxyl groups is 1. The first kappa shape index (κ1) is 13.1. The molecule has 0 aliphatic heterocycles. The van der Waals surface area contributed by atoms with Crippen LogP contribution in [0, 0.1) is 11.3 Å². The van der Waals surface area contributed by atoms with Crippen LogP contribution in [0.1, 0.15) is 24.3 Å². The van der Waals surface area contributed by atoms with Crippen LogP contribution in [-0.2, 0) is 0 Å². The summed E-state index contributed by atoms with van der Waals surface area (Å²) < 4.78 is 0. The normalized spacial score (nSPS) is 11.7. The molecule has 0 bridgehead atoms. The van der Waals surface area contributed by atoms with Crippen molar-refractivity contribution >= 4 is 11.4 Å². The Morgan fingerprint density at radius 3 is 2.63 bits per heavy atom. The summed E-state index contributed by atoms with van der Waals surface area (Å²) in [6.07, 6.45) is 1.14. The quantitative estimate of drug-likeness (QED) is 0.913. The molecule has 2 aromatic rings. The summed E-state index contributed by atoms with van der Waals surface area (Å²) in [4.78, 5) is 6.15. The van der Waals surface area contributed by atoms with Gasteiger partial charge in [0.2, 0.25) is 0 Å². The average Bonchev–Trinajstić information content (AvgIpc) is 2.46. The lowest BCUT2D eigenvalue weighted by Crippen LogP contribution is -2.10. The number of benzene rings is 1.